The van der Waals surface area contributed by atoms with Crippen LogP contribution in [0.2, 0.25) is 0 Å². The molecule has 122 valence electrons. The van der Waals surface area contributed by atoms with E-state index in [2.05, 4.69) is 61.1 Å². The van der Waals surface area contributed by atoms with Crippen LogP contribution < -0.4 is 0 Å². The molecule has 3 rings (SSSR count). The molecule has 0 saturated carbocycles. The molecule has 0 spiro atoms. The second kappa shape index (κ2) is 6.86. The second-order valence-electron chi connectivity index (χ2n) is 6.46. The summed E-state index contributed by atoms with van der Waals surface area (Å²) in [5.74, 6) is 0. The van der Waals surface area contributed by atoms with Crippen LogP contribution in [0.3, 0.4) is 0 Å². The number of aryl methyl sites for hydroxylation is 1. The van der Waals surface area contributed by atoms with E-state index >= 15 is 0 Å². The quantitative estimate of drug-likeness (QED) is 0.722. The van der Waals surface area contributed by atoms with Crippen LogP contribution in [0.4, 0.5) is 0 Å². The summed E-state index contributed by atoms with van der Waals surface area (Å²) < 4.78 is 2.01. The zero-order valence-electron chi connectivity index (χ0n) is 14.4. The summed E-state index contributed by atoms with van der Waals surface area (Å²) in [6.45, 7) is 5.15. The van der Waals surface area contributed by atoms with Gasteiger partial charge in [-0.15, -0.1) is 0 Å². The fourth-order valence-corrected chi connectivity index (χ4v) is 2.85. The van der Waals surface area contributed by atoms with Crippen molar-refractivity contribution in [2.24, 2.45) is 0 Å². The molecule has 0 fully saturated rings. The highest BCUT2D eigenvalue weighted by molar-refractivity contribution is 5.44. The number of benzene rings is 1. The van der Waals surface area contributed by atoms with Gasteiger partial charge in [0.05, 0.1) is 17.5 Å². The molecular weight excluding hydrogens is 296 g/mol. The van der Waals surface area contributed by atoms with Gasteiger partial charge in [0.15, 0.2) is 0 Å². The van der Waals surface area contributed by atoms with Crippen LogP contribution in [0.15, 0.2) is 48.8 Å². The van der Waals surface area contributed by atoms with Gasteiger partial charge in [0.1, 0.15) is 11.7 Å². The fraction of sp³-hybridized carbons (Fsp3) is 0.300. The summed E-state index contributed by atoms with van der Waals surface area (Å²) in [7, 11) is 2.13. The number of hydrogen-bond acceptors (Lipinski definition) is 3. The Hall–Kier alpha value is -2.64. The van der Waals surface area contributed by atoms with E-state index < -0.39 is 0 Å². The van der Waals surface area contributed by atoms with Crippen molar-refractivity contribution >= 4 is 5.65 Å². The van der Waals surface area contributed by atoms with Crippen LogP contribution in [0.25, 0.3) is 5.65 Å². The second-order valence-corrected chi connectivity index (χ2v) is 6.46. The molecule has 0 aliphatic heterocycles. The zero-order valence-corrected chi connectivity index (χ0v) is 14.4. The number of fused-ring (bicyclic) bond motifs is 1. The Balaban J connectivity index is 1.73. The fourth-order valence-electron chi connectivity index (χ4n) is 2.85. The first-order valence-electron chi connectivity index (χ1n) is 8.18. The van der Waals surface area contributed by atoms with Crippen LogP contribution >= 0.6 is 0 Å². The monoisotopic (exact) mass is 318 g/mol. The van der Waals surface area contributed by atoms with Crippen LogP contribution in [-0.2, 0) is 13.0 Å². The molecule has 0 radical (unpaired) electrons. The maximum atomic E-state index is 9.09. The smallest absolute Gasteiger partial charge is 0.137 e. The molecule has 0 bridgehead atoms. The SMILES string of the molecule is Cc1ccc(CC(C)N(C)Cc2cnc3ccc(C#N)cn23)cc1. The molecule has 2 aromatic heterocycles. The third-order valence-corrected chi connectivity index (χ3v) is 4.53. The van der Waals surface area contributed by atoms with Crippen molar-refractivity contribution in [3.63, 3.8) is 0 Å². The minimum absolute atomic E-state index is 0.414. The predicted molar refractivity (Wildman–Crippen MR) is 95.7 cm³/mol. The van der Waals surface area contributed by atoms with E-state index in [0.717, 1.165) is 24.3 Å². The van der Waals surface area contributed by atoms with Gasteiger partial charge in [0.2, 0.25) is 0 Å². The minimum Gasteiger partial charge on any atom is -0.301 e. The van der Waals surface area contributed by atoms with E-state index in [0.29, 0.717) is 11.6 Å². The van der Waals surface area contributed by atoms with Gasteiger partial charge in [-0.1, -0.05) is 29.8 Å². The van der Waals surface area contributed by atoms with Crippen LogP contribution in [0, 0.1) is 18.3 Å². The number of imidazole rings is 1. The van der Waals surface area contributed by atoms with Crippen molar-refractivity contribution < 1.29 is 0 Å². The van der Waals surface area contributed by atoms with Gasteiger partial charge in [-0.3, -0.25) is 4.90 Å². The van der Waals surface area contributed by atoms with Crippen molar-refractivity contribution in [3.05, 3.63) is 71.2 Å². The Morgan fingerprint density at radius 2 is 1.96 bits per heavy atom. The van der Waals surface area contributed by atoms with Crippen LogP contribution in [-0.4, -0.2) is 27.4 Å². The minimum atomic E-state index is 0.414. The topological polar surface area (TPSA) is 44.3 Å². The van der Waals surface area contributed by atoms with E-state index in [9.17, 15) is 0 Å². The van der Waals surface area contributed by atoms with Crippen molar-refractivity contribution in [2.75, 3.05) is 7.05 Å². The van der Waals surface area contributed by atoms with E-state index in [4.69, 9.17) is 5.26 Å². The highest BCUT2D eigenvalue weighted by Crippen LogP contribution is 2.14. The van der Waals surface area contributed by atoms with Crippen molar-refractivity contribution in [1.82, 2.24) is 14.3 Å². The first kappa shape index (κ1) is 16.2. The number of aromatic nitrogens is 2. The normalized spacial score (nSPS) is 12.5. The van der Waals surface area contributed by atoms with Gasteiger partial charge in [-0.25, -0.2) is 4.98 Å². The molecule has 0 N–H and O–H groups in total. The first-order valence-corrected chi connectivity index (χ1v) is 8.18. The molecule has 24 heavy (non-hydrogen) atoms. The van der Waals surface area contributed by atoms with Crippen molar-refractivity contribution in [3.8, 4) is 6.07 Å². The Morgan fingerprint density at radius 1 is 1.21 bits per heavy atom. The number of hydrogen-bond donors (Lipinski definition) is 0. The van der Waals surface area contributed by atoms with Crippen molar-refractivity contribution in [2.45, 2.75) is 32.9 Å². The Labute approximate surface area is 143 Å². The summed E-state index contributed by atoms with van der Waals surface area (Å²) in [6.07, 6.45) is 4.76. The highest BCUT2D eigenvalue weighted by atomic mass is 15.1. The molecule has 0 saturated heterocycles. The van der Waals surface area contributed by atoms with E-state index in [1.165, 1.54) is 11.1 Å². The maximum Gasteiger partial charge on any atom is 0.137 e. The van der Waals surface area contributed by atoms with Crippen molar-refractivity contribution in [1.29, 1.82) is 5.26 Å². The van der Waals surface area contributed by atoms with Gasteiger partial charge in [-0.2, -0.15) is 5.26 Å². The van der Waals surface area contributed by atoms with Gasteiger partial charge >= 0.3 is 0 Å². The van der Waals surface area contributed by atoms with Gasteiger partial charge in [-0.05, 0) is 45.0 Å². The third kappa shape index (κ3) is 3.47. The molecule has 3 aromatic rings. The highest BCUT2D eigenvalue weighted by Gasteiger charge is 2.13. The summed E-state index contributed by atoms with van der Waals surface area (Å²) in [6, 6.07) is 15.0. The molecule has 4 nitrogen and oxygen atoms in total. The lowest BCUT2D eigenvalue weighted by atomic mass is 10.0. The Bertz CT molecular complexity index is 871. The summed E-state index contributed by atoms with van der Waals surface area (Å²) >= 11 is 0. The van der Waals surface area contributed by atoms with E-state index in [1.54, 1.807) is 6.07 Å². The van der Waals surface area contributed by atoms with Gasteiger partial charge in [0, 0.05) is 18.8 Å². The molecule has 1 atom stereocenters. The maximum absolute atomic E-state index is 9.09. The van der Waals surface area contributed by atoms with Crippen LogP contribution in [0.1, 0.15) is 29.3 Å². The zero-order chi connectivity index (χ0) is 17.1. The average molecular weight is 318 g/mol. The molecule has 0 aliphatic rings. The molecule has 4 heteroatoms. The van der Waals surface area contributed by atoms with E-state index in [-0.39, 0.29) is 0 Å². The Morgan fingerprint density at radius 3 is 2.67 bits per heavy atom. The predicted octanol–water partition coefficient (Wildman–Crippen LogP) is 3.58. The van der Waals surface area contributed by atoms with Gasteiger partial charge < -0.3 is 4.40 Å². The molecular formula is C20H22N4. The summed E-state index contributed by atoms with van der Waals surface area (Å²) in [4.78, 5) is 6.75. The third-order valence-electron chi connectivity index (χ3n) is 4.53. The summed E-state index contributed by atoms with van der Waals surface area (Å²) in [5.41, 5.74) is 5.27. The standard InChI is InChI=1S/C20H22N4/c1-15-4-6-17(7-5-15)10-16(2)23(3)14-19-12-22-20-9-8-18(11-21)13-24(19)20/h4-9,12-13,16H,10,14H2,1-3H3. The number of nitriles is 1. The lowest BCUT2D eigenvalue weighted by molar-refractivity contribution is 0.244. The molecule has 1 unspecified atom stereocenters. The number of rotatable bonds is 5. The Kier molecular flexibility index (Phi) is 4.64. The lowest BCUT2D eigenvalue weighted by Crippen LogP contribution is -2.30. The number of likely N-dealkylation sites (N-methyl/N-ethyl adjacent to an activating group) is 1. The largest absolute Gasteiger partial charge is 0.301 e. The number of nitrogens with zero attached hydrogens (tertiary/aromatic N) is 4. The van der Waals surface area contributed by atoms with Gasteiger partial charge in [0.25, 0.3) is 0 Å². The molecule has 1 aromatic carbocycles. The molecule has 2 heterocycles. The molecule has 0 amide bonds. The number of pyridine rings is 1. The van der Waals surface area contributed by atoms with E-state index in [1.807, 2.05) is 22.9 Å². The summed E-state index contributed by atoms with van der Waals surface area (Å²) in [5, 5.41) is 9.09. The molecule has 0 aliphatic carbocycles. The average Bonchev–Trinajstić information content (AvgIpc) is 2.99. The first-order chi connectivity index (χ1) is 11.6. The lowest BCUT2D eigenvalue weighted by Gasteiger charge is -2.24. The van der Waals surface area contributed by atoms with Crippen LogP contribution in [0.5, 0.6) is 0 Å².